The first-order chi connectivity index (χ1) is 6.74. The Balaban J connectivity index is 2.69. The molecule has 0 aliphatic rings. The maximum absolute atomic E-state index is 5.87. The van der Waals surface area contributed by atoms with Crippen LogP contribution in [-0.4, -0.2) is 11.6 Å². The van der Waals surface area contributed by atoms with Gasteiger partial charge in [-0.3, -0.25) is 0 Å². The van der Waals surface area contributed by atoms with E-state index in [1.807, 2.05) is 30.3 Å². The molecule has 76 valence electrons. The van der Waals surface area contributed by atoms with Gasteiger partial charge in [-0.05, 0) is 12.0 Å². The van der Waals surface area contributed by atoms with Gasteiger partial charge in [0.05, 0.1) is 5.70 Å². The lowest BCUT2D eigenvalue weighted by Crippen LogP contribution is -2.26. The summed E-state index contributed by atoms with van der Waals surface area (Å²) in [6.45, 7) is 2.89. The van der Waals surface area contributed by atoms with Gasteiger partial charge in [-0.2, -0.15) is 0 Å². The Bertz CT molecular complexity index is 293. The molecular weight excluding hydrogens is 174 g/mol. The molecule has 3 heteroatoms. The minimum Gasteiger partial charge on any atom is -0.397 e. The number of hydrogen-bond donors (Lipinski definition) is 2. The summed E-state index contributed by atoms with van der Waals surface area (Å²) >= 11 is 0. The monoisotopic (exact) mass is 191 g/mol. The van der Waals surface area contributed by atoms with Crippen molar-refractivity contribution in [2.24, 2.45) is 11.6 Å². The van der Waals surface area contributed by atoms with E-state index in [2.05, 4.69) is 6.92 Å². The molecule has 1 rings (SSSR count). The molecule has 0 aliphatic carbocycles. The lowest BCUT2D eigenvalue weighted by molar-refractivity contribution is 0.394. The molecule has 0 aromatic heterocycles. The summed E-state index contributed by atoms with van der Waals surface area (Å²) < 4.78 is 0. The van der Waals surface area contributed by atoms with Crippen molar-refractivity contribution in [3.63, 3.8) is 0 Å². The van der Waals surface area contributed by atoms with E-state index in [9.17, 15) is 0 Å². The average molecular weight is 191 g/mol. The first-order valence-electron chi connectivity index (χ1n) is 4.78. The van der Waals surface area contributed by atoms with Crippen LogP contribution >= 0.6 is 0 Å². The topological polar surface area (TPSA) is 55.3 Å². The van der Waals surface area contributed by atoms with Gasteiger partial charge in [0.15, 0.2) is 0 Å². The van der Waals surface area contributed by atoms with Gasteiger partial charge in [-0.25, -0.2) is 5.84 Å². The average Bonchev–Trinajstić information content (AvgIpc) is 2.19. The minimum atomic E-state index is 0.696. The highest BCUT2D eigenvalue weighted by molar-refractivity contribution is 5.61. The number of hydrazine groups is 1. The Kier molecular flexibility index (Phi) is 4.01. The SMILES string of the molecule is CCCN(N)/C=C(\N)c1ccccc1. The van der Waals surface area contributed by atoms with Crippen LogP contribution in [0.1, 0.15) is 18.9 Å². The predicted molar refractivity (Wildman–Crippen MR) is 59.8 cm³/mol. The summed E-state index contributed by atoms with van der Waals surface area (Å²) in [6, 6.07) is 9.80. The number of rotatable bonds is 4. The van der Waals surface area contributed by atoms with Crippen LogP contribution in [0.5, 0.6) is 0 Å². The first-order valence-corrected chi connectivity index (χ1v) is 4.78. The molecule has 0 amide bonds. The lowest BCUT2D eigenvalue weighted by atomic mass is 10.2. The lowest BCUT2D eigenvalue weighted by Gasteiger charge is -2.13. The van der Waals surface area contributed by atoms with Crippen LogP contribution in [0.25, 0.3) is 5.70 Å². The van der Waals surface area contributed by atoms with Crippen molar-refractivity contribution >= 4 is 5.70 Å². The zero-order valence-corrected chi connectivity index (χ0v) is 8.48. The van der Waals surface area contributed by atoms with Crippen LogP contribution < -0.4 is 11.6 Å². The number of nitrogens with two attached hydrogens (primary N) is 2. The summed E-state index contributed by atoms with van der Waals surface area (Å²) in [6.07, 6.45) is 2.77. The van der Waals surface area contributed by atoms with Gasteiger partial charge in [-0.15, -0.1) is 0 Å². The molecule has 0 heterocycles. The fraction of sp³-hybridized carbons (Fsp3) is 0.273. The van der Waals surface area contributed by atoms with Crippen molar-refractivity contribution in [1.29, 1.82) is 0 Å². The van der Waals surface area contributed by atoms with Crippen molar-refractivity contribution in [3.8, 4) is 0 Å². The second kappa shape index (κ2) is 5.29. The predicted octanol–water partition coefficient (Wildman–Crippen LogP) is 1.53. The van der Waals surface area contributed by atoms with Crippen LogP contribution in [-0.2, 0) is 0 Å². The van der Waals surface area contributed by atoms with Gasteiger partial charge in [0, 0.05) is 12.7 Å². The van der Waals surface area contributed by atoms with Crippen molar-refractivity contribution in [3.05, 3.63) is 42.1 Å². The van der Waals surface area contributed by atoms with Gasteiger partial charge < -0.3 is 10.7 Å². The molecule has 0 spiro atoms. The normalized spacial score (nSPS) is 11.4. The fourth-order valence-electron chi connectivity index (χ4n) is 1.21. The quantitative estimate of drug-likeness (QED) is 0.560. The van der Waals surface area contributed by atoms with E-state index in [4.69, 9.17) is 11.6 Å². The Morgan fingerprint density at radius 1 is 1.36 bits per heavy atom. The summed E-state index contributed by atoms with van der Waals surface area (Å²) in [4.78, 5) is 0. The molecule has 0 aliphatic heterocycles. The Labute approximate surface area is 85.0 Å². The summed E-state index contributed by atoms with van der Waals surface area (Å²) in [7, 11) is 0. The third-order valence-electron chi connectivity index (χ3n) is 1.89. The molecule has 1 aromatic carbocycles. The summed E-state index contributed by atoms with van der Waals surface area (Å²) in [5.74, 6) is 5.70. The van der Waals surface area contributed by atoms with E-state index in [1.54, 1.807) is 11.2 Å². The van der Waals surface area contributed by atoms with E-state index in [1.165, 1.54) is 0 Å². The second-order valence-corrected chi connectivity index (χ2v) is 3.19. The maximum atomic E-state index is 5.87. The number of benzene rings is 1. The van der Waals surface area contributed by atoms with Gasteiger partial charge in [-0.1, -0.05) is 37.3 Å². The zero-order chi connectivity index (χ0) is 10.4. The molecule has 4 N–H and O–H groups in total. The van der Waals surface area contributed by atoms with Crippen LogP contribution in [0.2, 0.25) is 0 Å². The van der Waals surface area contributed by atoms with Crippen molar-refractivity contribution in [2.45, 2.75) is 13.3 Å². The van der Waals surface area contributed by atoms with E-state index < -0.39 is 0 Å². The maximum Gasteiger partial charge on any atom is 0.0564 e. The second-order valence-electron chi connectivity index (χ2n) is 3.19. The highest BCUT2D eigenvalue weighted by atomic mass is 15.4. The van der Waals surface area contributed by atoms with Crippen LogP contribution in [0.3, 0.4) is 0 Å². The summed E-state index contributed by atoms with van der Waals surface area (Å²) in [5.41, 5.74) is 7.56. The van der Waals surface area contributed by atoms with Crippen molar-refractivity contribution < 1.29 is 0 Å². The smallest absolute Gasteiger partial charge is 0.0564 e. The molecule has 1 aromatic rings. The van der Waals surface area contributed by atoms with Crippen LogP contribution in [0, 0.1) is 0 Å². The Hall–Kier alpha value is -1.48. The number of hydrogen-bond acceptors (Lipinski definition) is 3. The molecule has 0 bridgehead atoms. The molecule has 0 saturated carbocycles. The molecule has 3 nitrogen and oxygen atoms in total. The number of nitrogens with zero attached hydrogens (tertiary/aromatic N) is 1. The van der Waals surface area contributed by atoms with Gasteiger partial charge in [0.25, 0.3) is 0 Å². The van der Waals surface area contributed by atoms with E-state index in [0.29, 0.717) is 5.70 Å². The van der Waals surface area contributed by atoms with Crippen LogP contribution in [0.4, 0.5) is 0 Å². The zero-order valence-electron chi connectivity index (χ0n) is 8.48. The Morgan fingerprint density at radius 2 is 2.00 bits per heavy atom. The first kappa shape index (κ1) is 10.6. The van der Waals surface area contributed by atoms with Gasteiger partial charge in [0.2, 0.25) is 0 Å². The van der Waals surface area contributed by atoms with Crippen LogP contribution in [0.15, 0.2) is 36.5 Å². The molecular formula is C11H17N3. The molecule has 0 atom stereocenters. The molecule has 14 heavy (non-hydrogen) atoms. The highest BCUT2D eigenvalue weighted by Crippen LogP contribution is 2.07. The fourth-order valence-corrected chi connectivity index (χ4v) is 1.21. The van der Waals surface area contributed by atoms with Gasteiger partial charge >= 0.3 is 0 Å². The summed E-state index contributed by atoms with van der Waals surface area (Å²) in [5, 5.41) is 1.61. The Morgan fingerprint density at radius 3 is 2.57 bits per heavy atom. The van der Waals surface area contributed by atoms with E-state index >= 15 is 0 Å². The molecule has 0 fully saturated rings. The van der Waals surface area contributed by atoms with E-state index in [-0.39, 0.29) is 0 Å². The molecule has 0 radical (unpaired) electrons. The largest absolute Gasteiger partial charge is 0.397 e. The third-order valence-corrected chi connectivity index (χ3v) is 1.89. The molecule has 0 saturated heterocycles. The van der Waals surface area contributed by atoms with Gasteiger partial charge in [0.1, 0.15) is 0 Å². The van der Waals surface area contributed by atoms with E-state index in [0.717, 1.165) is 18.5 Å². The minimum absolute atomic E-state index is 0.696. The standard InChI is InChI=1S/C11H17N3/c1-2-8-14(13)9-11(12)10-6-4-3-5-7-10/h3-7,9H,2,8,12-13H2,1H3/b11-9-. The van der Waals surface area contributed by atoms with Crippen molar-refractivity contribution in [2.75, 3.05) is 6.54 Å². The highest BCUT2D eigenvalue weighted by Gasteiger charge is 1.96. The molecule has 0 unspecified atom stereocenters. The third kappa shape index (κ3) is 3.11. The van der Waals surface area contributed by atoms with Crippen molar-refractivity contribution in [1.82, 2.24) is 5.01 Å².